The van der Waals surface area contributed by atoms with Crippen LogP contribution in [0.5, 0.6) is 0 Å². The van der Waals surface area contributed by atoms with Crippen LogP contribution in [0.25, 0.3) is 0 Å². The standard InChI is InChI=1S/C19H29N3O3S/c1-26(24,25)19(10-6-3-7-11-19)18-14-16(15-20-12-13-23)21-22(18)17-8-4-2-5-9-17/h3,6-7,10,14,17,20,23H,2,4-5,8-9,11-13,15H2,1H3. The molecular formula is C19H29N3O3S. The highest BCUT2D eigenvalue weighted by Crippen LogP contribution is 2.41. The molecule has 0 spiro atoms. The van der Waals surface area contributed by atoms with Gasteiger partial charge in [-0.1, -0.05) is 43.6 Å². The van der Waals surface area contributed by atoms with Crippen LogP contribution in [-0.2, 0) is 21.1 Å². The maximum Gasteiger partial charge on any atom is 0.162 e. The number of sulfone groups is 1. The van der Waals surface area contributed by atoms with Gasteiger partial charge in [-0.05, 0) is 25.3 Å². The topological polar surface area (TPSA) is 84.2 Å². The van der Waals surface area contributed by atoms with Gasteiger partial charge in [-0.2, -0.15) is 5.10 Å². The largest absolute Gasteiger partial charge is 0.395 e. The fourth-order valence-corrected chi connectivity index (χ4v) is 5.26. The van der Waals surface area contributed by atoms with E-state index in [4.69, 9.17) is 10.2 Å². The summed E-state index contributed by atoms with van der Waals surface area (Å²) in [7, 11) is -3.37. The number of rotatable bonds is 7. The van der Waals surface area contributed by atoms with E-state index in [9.17, 15) is 8.42 Å². The lowest BCUT2D eigenvalue weighted by molar-refractivity contribution is 0.291. The number of nitrogens with zero attached hydrogens (tertiary/aromatic N) is 2. The first-order valence-electron chi connectivity index (χ1n) is 9.42. The van der Waals surface area contributed by atoms with Gasteiger partial charge >= 0.3 is 0 Å². The van der Waals surface area contributed by atoms with Crippen molar-refractivity contribution in [2.24, 2.45) is 0 Å². The quantitative estimate of drug-likeness (QED) is 0.710. The van der Waals surface area contributed by atoms with Crippen molar-refractivity contribution in [1.82, 2.24) is 15.1 Å². The normalized spacial score (nSPS) is 24.2. The number of hydrogen-bond acceptors (Lipinski definition) is 5. The Kier molecular flexibility index (Phi) is 5.99. The molecule has 2 aliphatic carbocycles. The summed E-state index contributed by atoms with van der Waals surface area (Å²) in [5.41, 5.74) is 1.60. The van der Waals surface area contributed by atoms with E-state index in [1.165, 1.54) is 12.7 Å². The average molecular weight is 380 g/mol. The third-order valence-electron chi connectivity index (χ3n) is 5.43. The van der Waals surface area contributed by atoms with Crippen LogP contribution in [0, 0.1) is 0 Å². The first kappa shape index (κ1) is 19.3. The smallest absolute Gasteiger partial charge is 0.162 e. The predicted octanol–water partition coefficient (Wildman–Crippen LogP) is 2.23. The van der Waals surface area contributed by atoms with Crippen molar-refractivity contribution in [2.75, 3.05) is 19.4 Å². The number of hydrogen-bond donors (Lipinski definition) is 2. The fraction of sp³-hybridized carbons (Fsp3) is 0.632. The molecule has 1 aromatic rings. The number of aliphatic hydroxyl groups is 1. The van der Waals surface area contributed by atoms with Gasteiger partial charge in [-0.25, -0.2) is 8.42 Å². The lowest BCUT2D eigenvalue weighted by atomic mass is 9.92. The Labute approximate surface area is 155 Å². The Morgan fingerprint density at radius 2 is 2.08 bits per heavy atom. The van der Waals surface area contributed by atoms with Gasteiger partial charge in [0.15, 0.2) is 9.84 Å². The predicted molar refractivity (Wildman–Crippen MR) is 103 cm³/mol. The molecule has 7 heteroatoms. The molecule has 0 bridgehead atoms. The minimum absolute atomic E-state index is 0.0665. The molecule has 1 atom stereocenters. The van der Waals surface area contributed by atoms with Crippen LogP contribution in [0.15, 0.2) is 30.4 Å². The summed E-state index contributed by atoms with van der Waals surface area (Å²) >= 11 is 0. The van der Waals surface area contributed by atoms with E-state index in [-0.39, 0.29) is 12.6 Å². The molecule has 1 heterocycles. The molecule has 2 N–H and O–H groups in total. The summed E-state index contributed by atoms with van der Waals surface area (Å²) in [4.78, 5) is 0. The summed E-state index contributed by atoms with van der Waals surface area (Å²) in [5.74, 6) is 0. The second-order valence-corrected chi connectivity index (χ2v) is 9.58. The Bertz CT molecular complexity index is 776. The molecular weight excluding hydrogens is 350 g/mol. The van der Waals surface area contributed by atoms with Crippen LogP contribution in [0.4, 0.5) is 0 Å². The van der Waals surface area contributed by atoms with Crippen LogP contribution < -0.4 is 5.32 Å². The summed E-state index contributed by atoms with van der Waals surface area (Å²) in [6, 6.07) is 2.19. The molecule has 0 saturated heterocycles. The van der Waals surface area contributed by atoms with E-state index in [1.807, 2.05) is 35.1 Å². The molecule has 1 aromatic heterocycles. The van der Waals surface area contributed by atoms with Crippen LogP contribution in [0.1, 0.15) is 56.0 Å². The van der Waals surface area contributed by atoms with Gasteiger partial charge in [0, 0.05) is 19.3 Å². The lowest BCUT2D eigenvalue weighted by Crippen LogP contribution is -2.37. The second-order valence-electron chi connectivity index (χ2n) is 7.31. The van der Waals surface area contributed by atoms with Crippen molar-refractivity contribution in [3.05, 3.63) is 41.8 Å². The summed E-state index contributed by atoms with van der Waals surface area (Å²) in [6.45, 7) is 1.08. The molecule has 26 heavy (non-hydrogen) atoms. The Balaban J connectivity index is 2.05. The van der Waals surface area contributed by atoms with Gasteiger partial charge in [-0.15, -0.1) is 0 Å². The zero-order chi connectivity index (χ0) is 18.6. The maximum atomic E-state index is 12.8. The molecule has 144 valence electrons. The van der Waals surface area contributed by atoms with E-state index in [2.05, 4.69) is 5.32 Å². The highest BCUT2D eigenvalue weighted by Gasteiger charge is 2.44. The monoisotopic (exact) mass is 379 g/mol. The van der Waals surface area contributed by atoms with Gasteiger partial charge < -0.3 is 10.4 Å². The van der Waals surface area contributed by atoms with Gasteiger partial charge in [0.05, 0.1) is 24.0 Å². The maximum absolute atomic E-state index is 12.8. The van der Waals surface area contributed by atoms with Crippen molar-refractivity contribution in [2.45, 2.75) is 55.9 Å². The molecule has 0 amide bonds. The van der Waals surface area contributed by atoms with Crippen molar-refractivity contribution in [3.63, 3.8) is 0 Å². The molecule has 1 saturated carbocycles. The second kappa shape index (κ2) is 8.06. The Morgan fingerprint density at radius 3 is 2.69 bits per heavy atom. The van der Waals surface area contributed by atoms with Crippen molar-refractivity contribution < 1.29 is 13.5 Å². The molecule has 6 nitrogen and oxygen atoms in total. The number of allylic oxidation sites excluding steroid dienone is 3. The summed E-state index contributed by atoms with van der Waals surface area (Å²) < 4.78 is 26.6. The number of aromatic nitrogens is 2. The molecule has 1 fully saturated rings. The minimum atomic E-state index is -3.37. The van der Waals surface area contributed by atoms with Gasteiger partial charge in [0.2, 0.25) is 0 Å². The molecule has 0 aliphatic heterocycles. The Hall–Kier alpha value is -1.44. The van der Waals surface area contributed by atoms with Crippen LogP contribution in [0.2, 0.25) is 0 Å². The first-order valence-corrected chi connectivity index (χ1v) is 11.3. The van der Waals surface area contributed by atoms with E-state index < -0.39 is 14.6 Å². The van der Waals surface area contributed by atoms with Crippen LogP contribution in [0.3, 0.4) is 0 Å². The third kappa shape index (κ3) is 3.80. The van der Waals surface area contributed by atoms with Gasteiger partial charge in [0.25, 0.3) is 0 Å². The third-order valence-corrected chi connectivity index (χ3v) is 7.27. The average Bonchev–Trinajstić information content (AvgIpc) is 3.07. The van der Waals surface area contributed by atoms with E-state index in [0.717, 1.165) is 37.1 Å². The number of aliphatic hydroxyl groups excluding tert-OH is 1. The van der Waals surface area contributed by atoms with E-state index in [0.29, 0.717) is 19.5 Å². The zero-order valence-corrected chi connectivity index (χ0v) is 16.2. The Morgan fingerprint density at radius 1 is 1.31 bits per heavy atom. The molecule has 0 aromatic carbocycles. The minimum Gasteiger partial charge on any atom is -0.395 e. The molecule has 2 aliphatic rings. The zero-order valence-electron chi connectivity index (χ0n) is 15.4. The van der Waals surface area contributed by atoms with Crippen molar-refractivity contribution in [3.8, 4) is 0 Å². The van der Waals surface area contributed by atoms with Gasteiger partial charge in [0.1, 0.15) is 4.75 Å². The van der Waals surface area contributed by atoms with Crippen molar-refractivity contribution >= 4 is 9.84 Å². The highest BCUT2D eigenvalue weighted by atomic mass is 32.2. The summed E-state index contributed by atoms with van der Waals surface area (Å²) in [6.07, 6.45) is 14.8. The van der Waals surface area contributed by atoms with E-state index in [1.54, 1.807) is 0 Å². The fourth-order valence-electron chi connectivity index (χ4n) is 4.00. The van der Waals surface area contributed by atoms with Crippen molar-refractivity contribution in [1.29, 1.82) is 0 Å². The van der Waals surface area contributed by atoms with E-state index >= 15 is 0 Å². The summed E-state index contributed by atoms with van der Waals surface area (Å²) in [5, 5.41) is 16.9. The molecule has 3 rings (SSSR count). The molecule has 0 radical (unpaired) electrons. The SMILES string of the molecule is CS(=O)(=O)C1(c2cc(CNCCO)nn2C2CCCCC2)C=CC=CC1. The number of nitrogens with one attached hydrogen (secondary N) is 1. The van der Waals surface area contributed by atoms with Gasteiger partial charge in [-0.3, -0.25) is 4.68 Å². The first-order chi connectivity index (χ1) is 12.5. The molecule has 1 unspecified atom stereocenters. The van der Waals surface area contributed by atoms with Crippen LogP contribution >= 0.6 is 0 Å². The lowest BCUT2D eigenvalue weighted by Gasteiger charge is -2.33. The van der Waals surface area contributed by atoms with Crippen LogP contribution in [-0.4, -0.2) is 42.7 Å². The highest BCUT2D eigenvalue weighted by molar-refractivity contribution is 7.91.